The molecule has 1 heterocycles. The molecular weight excluding hydrogens is 289 g/mol. The summed E-state index contributed by atoms with van der Waals surface area (Å²) in [6, 6.07) is 5.83. The molecule has 0 unspecified atom stereocenters. The van der Waals surface area contributed by atoms with Crippen LogP contribution in [0.25, 0.3) is 0 Å². The molecule has 1 aromatic carbocycles. The zero-order valence-electron chi connectivity index (χ0n) is 8.53. The van der Waals surface area contributed by atoms with Gasteiger partial charge in [0.25, 0.3) is 0 Å². The molecular formula is C11H11BrClN3. The lowest BCUT2D eigenvalue weighted by atomic mass is 10.2. The van der Waals surface area contributed by atoms with Crippen molar-refractivity contribution in [2.75, 3.05) is 0 Å². The predicted octanol–water partition coefficient (Wildman–Crippen LogP) is 2.81. The van der Waals surface area contributed by atoms with E-state index in [2.05, 4.69) is 21.0 Å². The van der Waals surface area contributed by atoms with Gasteiger partial charge in [-0.05, 0) is 17.7 Å². The largest absolute Gasteiger partial charge is 0.326 e. The Morgan fingerprint density at radius 2 is 2.25 bits per heavy atom. The molecule has 0 aliphatic carbocycles. The molecule has 16 heavy (non-hydrogen) atoms. The van der Waals surface area contributed by atoms with Gasteiger partial charge in [0, 0.05) is 27.8 Å². The van der Waals surface area contributed by atoms with Crippen LogP contribution < -0.4 is 5.73 Å². The maximum Gasteiger partial charge on any atom is 0.0674 e. The van der Waals surface area contributed by atoms with Crippen LogP contribution in [0.15, 0.2) is 35.1 Å². The molecule has 0 atom stereocenters. The summed E-state index contributed by atoms with van der Waals surface area (Å²) in [5.41, 5.74) is 7.58. The lowest BCUT2D eigenvalue weighted by Gasteiger charge is -2.04. The number of nitrogens with zero attached hydrogens (tertiary/aromatic N) is 2. The van der Waals surface area contributed by atoms with E-state index in [0.717, 1.165) is 20.6 Å². The van der Waals surface area contributed by atoms with Crippen molar-refractivity contribution in [1.82, 2.24) is 9.78 Å². The van der Waals surface area contributed by atoms with Crippen molar-refractivity contribution in [3.63, 3.8) is 0 Å². The Morgan fingerprint density at radius 1 is 1.44 bits per heavy atom. The standard InChI is InChI=1S/C11H11BrClN3/c12-10-2-1-9(11(13)3-10)7-16-6-8(4-14)5-15-16/h1-3,5-6H,4,7,14H2. The monoisotopic (exact) mass is 299 g/mol. The fourth-order valence-corrected chi connectivity index (χ4v) is 2.16. The molecule has 0 amide bonds. The van der Waals surface area contributed by atoms with E-state index in [4.69, 9.17) is 17.3 Å². The summed E-state index contributed by atoms with van der Waals surface area (Å²) in [4.78, 5) is 0. The van der Waals surface area contributed by atoms with Crippen molar-refractivity contribution in [3.05, 3.63) is 51.2 Å². The maximum atomic E-state index is 6.12. The lowest BCUT2D eigenvalue weighted by Crippen LogP contribution is -2.01. The van der Waals surface area contributed by atoms with Crippen molar-refractivity contribution < 1.29 is 0 Å². The molecule has 0 aliphatic rings. The first-order valence-electron chi connectivity index (χ1n) is 4.84. The molecule has 84 valence electrons. The summed E-state index contributed by atoms with van der Waals surface area (Å²) < 4.78 is 2.81. The van der Waals surface area contributed by atoms with E-state index in [1.807, 2.05) is 29.1 Å². The first-order chi connectivity index (χ1) is 7.69. The number of hydrogen-bond donors (Lipinski definition) is 1. The first-order valence-corrected chi connectivity index (χ1v) is 6.01. The Bertz CT molecular complexity index is 496. The van der Waals surface area contributed by atoms with Gasteiger partial charge in [0.1, 0.15) is 0 Å². The third-order valence-corrected chi connectivity index (χ3v) is 3.11. The van der Waals surface area contributed by atoms with E-state index >= 15 is 0 Å². The molecule has 0 radical (unpaired) electrons. The number of rotatable bonds is 3. The highest BCUT2D eigenvalue weighted by atomic mass is 79.9. The minimum atomic E-state index is 0.508. The Labute approximate surface area is 107 Å². The van der Waals surface area contributed by atoms with Gasteiger partial charge in [-0.2, -0.15) is 5.10 Å². The fraction of sp³-hybridized carbons (Fsp3) is 0.182. The van der Waals surface area contributed by atoms with E-state index in [0.29, 0.717) is 13.1 Å². The van der Waals surface area contributed by atoms with E-state index in [9.17, 15) is 0 Å². The van der Waals surface area contributed by atoms with Crippen LogP contribution in [-0.2, 0) is 13.1 Å². The van der Waals surface area contributed by atoms with Crippen molar-refractivity contribution in [3.8, 4) is 0 Å². The average molecular weight is 301 g/mol. The van der Waals surface area contributed by atoms with Crippen LogP contribution in [0.3, 0.4) is 0 Å². The highest BCUT2D eigenvalue weighted by molar-refractivity contribution is 9.10. The molecule has 2 aromatic rings. The maximum absolute atomic E-state index is 6.12. The van der Waals surface area contributed by atoms with Gasteiger partial charge < -0.3 is 5.73 Å². The van der Waals surface area contributed by atoms with E-state index in [1.54, 1.807) is 6.20 Å². The second-order valence-corrected chi connectivity index (χ2v) is 4.81. The topological polar surface area (TPSA) is 43.8 Å². The number of benzene rings is 1. The van der Waals surface area contributed by atoms with Gasteiger partial charge in [0.2, 0.25) is 0 Å². The van der Waals surface area contributed by atoms with Gasteiger partial charge in [0.05, 0.1) is 12.7 Å². The van der Waals surface area contributed by atoms with E-state index < -0.39 is 0 Å². The van der Waals surface area contributed by atoms with Crippen LogP contribution in [0.4, 0.5) is 0 Å². The summed E-state index contributed by atoms with van der Waals surface area (Å²) >= 11 is 9.50. The van der Waals surface area contributed by atoms with Gasteiger partial charge in [-0.25, -0.2) is 0 Å². The summed E-state index contributed by atoms with van der Waals surface area (Å²) in [6.45, 7) is 1.17. The Kier molecular flexibility index (Phi) is 3.63. The van der Waals surface area contributed by atoms with E-state index in [1.165, 1.54) is 0 Å². The Morgan fingerprint density at radius 3 is 2.88 bits per heavy atom. The number of hydrogen-bond acceptors (Lipinski definition) is 2. The van der Waals surface area contributed by atoms with E-state index in [-0.39, 0.29) is 0 Å². The van der Waals surface area contributed by atoms with Crippen molar-refractivity contribution in [1.29, 1.82) is 0 Å². The van der Waals surface area contributed by atoms with Crippen LogP contribution in [0.5, 0.6) is 0 Å². The number of nitrogens with two attached hydrogens (primary N) is 1. The van der Waals surface area contributed by atoms with Crippen LogP contribution in [0.2, 0.25) is 5.02 Å². The average Bonchev–Trinajstić information content (AvgIpc) is 2.70. The summed E-state index contributed by atoms with van der Waals surface area (Å²) in [5, 5.41) is 4.95. The highest BCUT2D eigenvalue weighted by Gasteiger charge is 2.03. The second kappa shape index (κ2) is 4.99. The third kappa shape index (κ3) is 2.64. The fourth-order valence-electron chi connectivity index (χ4n) is 1.42. The summed E-state index contributed by atoms with van der Waals surface area (Å²) in [7, 11) is 0. The Hall–Kier alpha value is -0.840. The lowest BCUT2D eigenvalue weighted by molar-refractivity contribution is 0.686. The molecule has 0 spiro atoms. The molecule has 2 N–H and O–H groups in total. The normalized spacial score (nSPS) is 10.7. The molecule has 0 bridgehead atoms. The molecule has 0 saturated heterocycles. The molecule has 0 aliphatic heterocycles. The minimum absolute atomic E-state index is 0.508. The van der Waals surface area contributed by atoms with Gasteiger partial charge in [0.15, 0.2) is 0 Å². The Balaban J connectivity index is 2.20. The highest BCUT2D eigenvalue weighted by Crippen LogP contribution is 2.21. The number of aromatic nitrogens is 2. The summed E-state index contributed by atoms with van der Waals surface area (Å²) in [5.74, 6) is 0. The van der Waals surface area contributed by atoms with Crippen molar-refractivity contribution in [2.24, 2.45) is 5.73 Å². The van der Waals surface area contributed by atoms with Crippen molar-refractivity contribution in [2.45, 2.75) is 13.1 Å². The smallest absolute Gasteiger partial charge is 0.0674 e. The zero-order valence-corrected chi connectivity index (χ0v) is 10.9. The van der Waals surface area contributed by atoms with Crippen molar-refractivity contribution >= 4 is 27.5 Å². The predicted molar refractivity (Wildman–Crippen MR) is 68.4 cm³/mol. The van der Waals surface area contributed by atoms with Crippen LogP contribution >= 0.6 is 27.5 Å². The molecule has 5 heteroatoms. The molecule has 0 fully saturated rings. The SMILES string of the molecule is NCc1cnn(Cc2ccc(Br)cc2Cl)c1. The molecule has 1 aromatic heterocycles. The second-order valence-electron chi connectivity index (χ2n) is 3.49. The van der Waals surface area contributed by atoms with Gasteiger partial charge in [-0.15, -0.1) is 0 Å². The van der Waals surface area contributed by atoms with Crippen LogP contribution in [0, 0.1) is 0 Å². The molecule has 2 rings (SSSR count). The quantitative estimate of drug-likeness (QED) is 0.947. The van der Waals surface area contributed by atoms with Crippen LogP contribution in [0.1, 0.15) is 11.1 Å². The van der Waals surface area contributed by atoms with Gasteiger partial charge in [-0.3, -0.25) is 4.68 Å². The molecule has 3 nitrogen and oxygen atoms in total. The number of halogens is 2. The molecule has 0 saturated carbocycles. The van der Waals surface area contributed by atoms with Crippen LogP contribution in [-0.4, -0.2) is 9.78 Å². The summed E-state index contributed by atoms with van der Waals surface area (Å²) in [6.07, 6.45) is 3.70. The minimum Gasteiger partial charge on any atom is -0.326 e. The van der Waals surface area contributed by atoms with Gasteiger partial charge >= 0.3 is 0 Å². The third-order valence-electron chi connectivity index (χ3n) is 2.27. The first kappa shape index (κ1) is 11.6. The zero-order chi connectivity index (χ0) is 11.5. The van der Waals surface area contributed by atoms with Gasteiger partial charge in [-0.1, -0.05) is 33.6 Å².